The van der Waals surface area contributed by atoms with Crippen LogP contribution in [0.4, 0.5) is 0 Å². The van der Waals surface area contributed by atoms with E-state index in [0.29, 0.717) is 0 Å². The summed E-state index contributed by atoms with van der Waals surface area (Å²) in [5.41, 5.74) is 0. The van der Waals surface area contributed by atoms with E-state index in [1.54, 1.807) is 13.8 Å². The van der Waals surface area contributed by atoms with Gasteiger partial charge in [0.25, 0.3) is 0 Å². The molecule has 0 aromatic carbocycles. The van der Waals surface area contributed by atoms with Gasteiger partial charge in [0.1, 0.15) is 0 Å². The second kappa shape index (κ2) is 19.1. The molecule has 0 rings (SSSR count). The average molecular weight is 409 g/mol. The third-order valence-electron chi connectivity index (χ3n) is 2.79. The number of carbonyl (C=O) groups excluding carboxylic acids is 2. The predicted molar refractivity (Wildman–Crippen MR) is 73.1 cm³/mol. The van der Waals surface area contributed by atoms with Crippen LogP contribution in [0.15, 0.2) is 0 Å². The molecule has 116 valence electrons. The Hall–Kier alpha value is 0.100. The first-order valence-electron chi connectivity index (χ1n) is 6.78. The summed E-state index contributed by atoms with van der Waals surface area (Å²) in [6.07, 6.45) is 5.57. The first kappa shape index (κ1) is 28.3. The van der Waals surface area contributed by atoms with E-state index < -0.39 is 11.9 Å². The number of hydrogen-bond acceptors (Lipinski definition) is 4. The molecule has 2 atom stereocenters. The molecule has 2 unspecified atom stereocenters. The Labute approximate surface area is 147 Å². The maximum Gasteiger partial charge on any atom is 3.00 e. The monoisotopic (exact) mass is 408 g/mol. The normalized spacial score (nSPS) is 11.8. The zero-order valence-corrected chi connectivity index (χ0v) is 17.0. The Morgan fingerprint density at radius 2 is 1.10 bits per heavy atom. The van der Waals surface area contributed by atoms with Crippen molar-refractivity contribution in [2.24, 2.45) is 11.8 Å². The fraction of sp³-hybridized carbons (Fsp3) is 0.857. The Kier molecular flexibility index (Phi) is 27.0. The van der Waals surface area contributed by atoms with Crippen molar-refractivity contribution < 1.29 is 32.2 Å². The minimum atomic E-state index is -0.927. The van der Waals surface area contributed by atoms with Crippen molar-refractivity contribution >= 4 is 37.8 Å². The van der Waals surface area contributed by atoms with Gasteiger partial charge >= 0.3 is 25.8 Å². The summed E-state index contributed by atoms with van der Waals surface area (Å²) < 4.78 is 0. The summed E-state index contributed by atoms with van der Waals surface area (Å²) in [5, 5.41) is 20.2. The molecule has 6 heteroatoms. The van der Waals surface area contributed by atoms with Crippen molar-refractivity contribution in [3.63, 3.8) is 0 Å². The van der Waals surface area contributed by atoms with Gasteiger partial charge < -0.3 is 32.2 Å². The Morgan fingerprint density at radius 3 is 1.25 bits per heavy atom. The van der Waals surface area contributed by atoms with E-state index in [9.17, 15) is 19.8 Å². The second-order valence-corrected chi connectivity index (χ2v) is 4.72. The van der Waals surface area contributed by atoms with E-state index in [0.717, 1.165) is 38.5 Å². The Balaban J connectivity index is -0.000000116. The van der Waals surface area contributed by atoms with Gasteiger partial charge in [0.05, 0.1) is 0 Å². The molecule has 0 amide bonds. The molecule has 0 saturated heterocycles. The molecule has 0 fully saturated rings. The van der Waals surface area contributed by atoms with Crippen LogP contribution in [0, 0.1) is 11.8 Å². The van der Waals surface area contributed by atoms with Gasteiger partial charge in [0, 0.05) is 11.9 Å². The van der Waals surface area contributed by atoms with Crippen molar-refractivity contribution in [3.8, 4) is 0 Å². The van der Waals surface area contributed by atoms with Crippen molar-refractivity contribution in [3.05, 3.63) is 0 Å². The number of unbranched alkanes of at least 4 members (excludes halogenated alkanes) is 2. The summed E-state index contributed by atoms with van der Waals surface area (Å²) in [4.78, 5) is 20.2. The van der Waals surface area contributed by atoms with Crippen LogP contribution < -0.4 is 22.6 Å². The maximum absolute atomic E-state index is 10.1. The molecule has 4 nitrogen and oxygen atoms in total. The number of rotatable bonds is 8. The summed E-state index contributed by atoms with van der Waals surface area (Å²) in [6.45, 7) is 7.46. The summed E-state index contributed by atoms with van der Waals surface area (Å²) >= 11 is 0. The maximum atomic E-state index is 10.1. The van der Waals surface area contributed by atoms with Crippen molar-refractivity contribution in [1.29, 1.82) is 0 Å². The van der Waals surface area contributed by atoms with Crippen LogP contribution in [0.1, 0.15) is 66.2 Å². The molecule has 0 N–H and O–H groups in total. The number of hydrogen-bond donors (Lipinski definition) is 0. The van der Waals surface area contributed by atoms with Crippen LogP contribution in [0.25, 0.3) is 0 Å². The molecule has 0 aromatic rings. The van der Waals surface area contributed by atoms with Gasteiger partial charge in [-0.15, -0.1) is 0 Å². The molecule has 0 saturated carbocycles. The Morgan fingerprint density at radius 1 is 0.850 bits per heavy atom. The quantitative estimate of drug-likeness (QED) is 0.454. The van der Waals surface area contributed by atoms with Gasteiger partial charge in [-0.05, 0) is 24.7 Å². The number of carbonyl (C=O) groups is 2. The Bertz CT molecular complexity index is 213. The van der Waals surface area contributed by atoms with E-state index in [2.05, 4.69) is 0 Å². The largest absolute Gasteiger partial charge is 3.00 e. The zero-order chi connectivity index (χ0) is 14.6. The van der Waals surface area contributed by atoms with E-state index in [4.69, 9.17) is 0 Å². The van der Waals surface area contributed by atoms with Crippen molar-refractivity contribution in [2.75, 3.05) is 0 Å². The van der Waals surface area contributed by atoms with E-state index in [1.165, 1.54) is 0 Å². The second-order valence-electron chi connectivity index (χ2n) is 4.72. The van der Waals surface area contributed by atoms with Gasteiger partial charge in [0.2, 0.25) is 0 Å². The van der Waals surface area contributed by atoms with Crippen molar-refractivity contribution in [2.45, 2.75) is 66.2 Å². The first-order valence-corrected chi connectivity index (χ1v) is 6.78. The molecule has 0 aliphatic carbocycles. The van der Waals surface area contributed by atoms with E-state index in [-0.39, 0.29) is 50.1 Å². The smallest absolute Gasteiger partial charge is 1.00 e. The van der Waals surface area contributed by atoms with Gasteiger partial charge in [-0.2, -0.15) is 0 Å². The third kappa shape index (κ3) is 20.4. The van der Waals surface area contributed by atoms with Crippen LogP contribution in [0.3, 0.4) is 0 Å². The van der Waals surface area contributed by atoms with Crippen LogP contribution in [-0.2, 0) is 9.59 Å². The summed E-state index contributed by atoms with van der Waals surface area (Å²) in [6, 6.07) is 0. The number of halogens is 1. The number of aliphatic carboxylic acids is 2. The molecule has 0 aliphatic heterocycles. The standard InChI is InChI=1S/2C7H14O2.ClH.In/c2*1-3-4-5-6(2)7(8)9;;/h2*6H,3-5H2,1-2H3,(H,8,9);1H;/q;;;+3/p-3. The SMILES string of the molecule is CCCCC(C)C(=O)[O-].CCCCC(C)C(=O)[O-].[Cl-].[In+3]. The third-order valence-corrected chi connectivity index (χ3v) is 2.79. The molecule has 20 heavy (non-hydrogen) atoms. The van der Waals surface area contributed by atoms with Crippen LogP contribution >= 0.6 is 0 Å². The van der Waals surface area contributed by atoms with E-state index >= 15 is 0 Å². The summed E-state index contributed by atoms with van der Waals surface area (Å²) in [7, 11) is 0. The number of carboxylic acid groups (broad SMARTS) is 2. The predicted octanol–water partition coefficient (Wildman–Crippen LogP) is -2.25. The summed E-state index contributed by atoms with van der Waals surface area (Å²) in [5.74, 6) is -2.40. The molecule has 0 bridgehead atoms. The molecule has 0 aliphatic rings. The van der Waals surface area contributed by atoms with Gasteiger partial charge in [-0.3, -0.25) is 0 Å². The molecule has 0 radical (unpaired) electrons. The number of carboxylic acids is 2. The van der Waals surface area contributed by atoms with Crippen LogP contribution in [0.2, 0.25) is 0 Å². The van der Waals surface area contributed by atoms with Crippen molar-refractivity contribution in [1.82, 2.24) is 0 Å². The minimum absolute atomic E-state index is 0. The van der Waals surface area contributed by atoms with Crippen LogP contribution in [-0.4, -0.2) is 37.8 Å². The van der Waals surface area contributed by atoms with Gasteiger partial charge in [0.15, 0.2) is 0 Å². The first-order chi connectivity index (χ1) is 8.36. The fourth-order valence-electron chi connectivity index (χ4n) is 1.26. The minimum Gasteiger partial charge on any atom is -1.00 e. The molecule has 0 heterocycles. The zero-order valence-electron chi connectivity index (χ0n) is 13.0. The van der Waals surface area contributed by atoms with Crippen LogP contribution in [0.5, 0.6) is 0 Å². The average Bonchev–Trinajstić information content (AvgIpc) is 2.33. The molecular weight excluding hydrogens is 382 g/mol. The fourth-order valence-corrected chi connectivity index (χ4v) is 1.26. The molecule has 0 aromatic heterocycles. The molecule has 0 spiro atoms. The van der Waals surface area contributed by atoms with Gasteiger partial charge in [-0.1, -0.05) is 53.4 Å². The topological polar surface area (TPSA) is 80.3 Å². The van der Waals surface area contributed by atoms with Gasteiger partial charge in [-0.25, -0.2) is 0 Å². The molecular formula is C14H26ClInO4. The van der Waals surface area contributed by atoms with E-state index in [1.807, 2.05) is 13.8 Å².